The third kappa shape index (κ3) is 4.62. The molecular weight excluding hydrogens is 242 g/mol. The first kappa shape index (κ1) is 15.0. The molecule has 0 fully saturated rings. The standard InChI is InChI=1S/C14H21N3O2/c1-3-10(2)14(19)17(9-13(16)18)8-11-5-4-6-12(15)7-11/h4-7,10H,3,8-9,15H2,1-2H3,(H2,16,18). The van der Waals surface area contributed by atoms with Crippen molar-refractivity contribution in [2.24, 2.45) is 11.7 Å². The molecule has 1 unspecified atom stereocenters. The van der Waals surface area contributed by atoms with Crippen LogP contribution in [0.15, 0.2) is 24.3 Å². The molecule has 0 saturated heterocycles. The minimum atomic E-state index is -0.513. The minimum absolute atomic E-state index is 0.0660. The largest absolute Gasteiger partial charge is 0.399 e. The number of primary amides is 1. The van der Waals surface area contributed by atoms with E-state index >= 15 is 0 Å². The van der Waals surface area contributed by atoms with E-state index in [9.17, 15) is 9.59 Å². The number of benzene rings is 1. The predicted octanol–water partition coefficient (Wildman–Crippen LogP) is 1.13. The lowest BCUT2D eigenvalue weighted by Crippen LogP contribution is -2.40. The van der Waals surface area contributed by atoms with Crippen LogP contribution in [0.4, 0.5) is 5.69 Å². The number of carbonyl (C=O) groups excluding carboxylic acids is 2. The van der Waals surface area contributed by atoms with Gasteiger partial charge in [-0.1, -0.05) is 26.0 Å². The maximum absolute atomic E-state index is 12.2. The summed E-state index contributed by atoms with van der Waals surface area (Å²) in [7, 11) is 0. The Morgan fingerprint density at radius 2 is 2.05 bits per heavy atom. The molecule has 5 heteroatoms. The third-order valence-corrected chi connectivity index (χ3v) is 3.02. The zero-order valence-electron chi connectivity index (χ0n) is 11.4. The van der Waals surface area contributed by atoms with Crippen LogP contribution < -0.4 is 11.5 Å². The molecule has 19 heavy (non-hydrogen) atoms. The molecule has 0 aliphatic rings. The number of anilines is 1. The van der Waals surface area contributed by atoms with E-state index in [1.54, 1.807) is 12.1 Å². The van der Waals surface area contributed by atoms with Crippen LogP contribution in [0.2, 0.25) is 0 Å². The number of nitrogens with zero attached hydrogens (tertiary/aromatic N) is 1. The number of carbonyl (C=O) groups is 2. The molecule has 0 heterocycles. The van der Waals surface area contributed by atoms with Crippen molar-refractivity contribution in [2.75, 3.05) is 12.3 Å². The van der Waals surface area contributed by atoms with Crippen LogP contribution in [0.3, 0.4) is 0 Å². The lowest BCUT2D eigenvalue weighted by atomic mass is 10.1. The predicted molar refractivity (Wildman–Crippen MR) is 74.9 cm³/mol. The Hall–Kier alpha value is -2.04. The van der Waals surface area contributed by atoms with Crippen LogP contribution in [0.5, 0.6) is 0 Å². The van der Waals surface area contributed by atoms with Crippen LogP contribution in [0, 0.1) is 5.92 Å². The maximum Gasteiger partial charge on any atom is 0.237 e. The van der Waals surface area contributed by atoms with E-state index in [1.165, 1.54) is 4.90 Å². The zero-order valence-corrected chi connectivity index (χ0v) is 11.4. The van der Waals surface area contributed by atoms with Gasteiger partial charge in [0.05, 0.1) is 6.54 Å². The molecule has 0 aliphatic heterocycles. The summed E-state index contributed by atoms with van der Waals surface area (Å²) in [5.74, 6) is -0.704. The van der Waals surface area contributed by atoms with Crippen molar-refractivity contribution < 1.29 is 9.59 Å². The number of hydrogen-bond donors (Lipinski definition) is 2. The lowest BCUT2D eigenvalue weighted by molar-refractivity contribution is -0.139. The van der Waals surface area contributed by atoms with E-state index in [4.69, 9.17) is 11.5 Å². The highest BCUT2D eigenvalue weighted by Gasteiger charge is 2.20. The number of amides is 2. The van der Waals surface area contributed by atoms with E-state index in [-0.39, 0.29) is 18.4 Å². The number of hydrogen-bond acceptors (Lipinski definition) is 3. The van der Waals surface area contributed by atoms with Gasteiger partial charge in [-0.3, -0.25) is 9.59 Å². The Morgan fingerprint density at radius 1 is 1.37 bits per heavy atom. The van der Waals surface area contributed by atoms with Gasteiger partial charge in [-0.05, 0) is 24.1 Å². The number of rotatable bonds is 6. The molecular formula is C14H21N3O2. The van der Waals surface area contributed by atoms with Crippen molar-refractivity contribution in [1.29, 1.82) is 0 Å². The van der Waals surface area contributed by atoms with Gasteiger partial charge in [0.1, 0.15) is 0 Å². The van der Waals surface area contributed by atoms with Gasteiger partial charge in [0, 0.05) is 18.2 Å². The summed E-state index contributed by atoms with van der Waals surface area (Å²) in [4.78, 5) is 24.7. The quantitative estimate of drug-likeness (QED) is 0.754. The highest BCUT2D eigenvalue weighted by atomic mass is 16.2. The van der Waals surface area contributed by atoms with Crippen molar-refractivity contribution in [3.8, 4) is 0 Å². The van der Waals surface area contributed by atoms with E-state index in [1.807, 2.05) is 26.0 Å². The minimum Gasteiger partial charge on any atom is -0.399 e. The molecule has 1 aromatic rings. The van der Waals surface area contributed by atoms with Crippen LogP contribution in [0.25, 0.3) is 0 Å². The summed E-state index contributed by atoms with van der Waals surface area (Å²) in [6.45, 7) is 4.05. The highest BCUT2D eigenvalue weighted by molar-refractivity contribution is 5.84. The third-order valence-electron chi connectivity index (χ3n) is 3.02. The smallest absolute Gasteiger partial charge is 0.237 e. The van der Waals surface area contributed by atoms with E-state index in [2.05, 4.69) is 0 Å². The molecule has 0 radical (unpaired) electrons. The molecule has 4 N–H and O–H groups in total. The molecule has 1 atom stereocenters. The second-order valence-corrected chi connectivity index (χ2v) is 4.71. The van der Waals surface area contributed by atoms with Gasteiger partial charge in [0.15, 0.2) is 0 Å². The second kappa shape index (κ2) is 6.78. The topological polar surface area (TPSA) is 89.4 Å². The van der Waals surface area contributed by atoms with E-state index in [0.717, 1.165) is 12.0 Å². The molecule has 1 aromatic carbocycles. The molecule has 0 bridgehead atoms. The summed E-state index contributed by atoms with van der Waals surface area (Å²) in [5, 5.41) is 0. The molecule has 0 saturated carbocycles. The van der Waals surface area contributed by atoms with Gasteiger partial charge in [-0.2, -0.15) is 0 Å². The summed E-state index contributed by atoms with van der Waals surface area (Å²) < 4.78 is 0. The Bertz CT molecular complexity index is 460. The lowest BCUT2D eigenvalue weighted by Gasteiger charge is -2.24. The molecule has 0 spiro atoms. The van der Waals surface area contributed by atoms with Crippen LogP contribution in [-0.2, 0) is 16.1 Å². The average Bonchev–Trinajstić information content (AvgIpc) is 2.35. The zero-order chi connectivity index (χ0) is 14.4. The first-order valence-electron chi connectivity index (χ1n) is 6.35. The fraction of sp³-hybridized carbons (Fsp3) is 0.429. The van der Waals surface area contributed by atoms with E-state index < -0.39 is 5.91 Å². The first-order valence-corrected chi connectivity index (χ1v) is 6.35. The summed E-state index contributed by atoms with van der Waals surface area (Å²) in [5.41, 5.74) is 12.4. The van der Waals surface area contributed by atoms with Crippen molar-refractivity contribution in [3.63, 3.8) is 0 Å². The molecule has 0 aromatic heterocycles. The van der Waals surface area contributed by atoms with Gasteiger partial charge in [-0.15, -0.1) is 0 Å². The fourth-order valence-corrected chi connectivity index (χ4v) is 1.80. The van der Waals surface area contributed by atoms with Gasteiger partial charge < -0.3 is 16.4 Å². The van der Waals surface area contributed by atoms with Crippen molar-refractivity contribution >= 4 is 17.5 Å². The molecule has 5 nitrogen and oxygen atoms in total. The molecule has 0 aliphatic carbocycles. The normalized spacial score (nSPS) is 11.9. The Morgan fingerprint density at radius 3 is 2.58 bits per heavy atom. The fourth-order valence-electron chi connectivity index (χ4n) is 1.80. The van der Waals surface area contributed by atoms with Gasteiger partial charge in [0.2, 0.25) is 11.8 Å². The molecule has 2 amide bonds. The summed E-state index contributed by atoms with van der Waals surface area (Å²) >= 11 is 0. The first-order chi connectivity index (χ1) is 8.93. The SMILES string of the molecule is CCC(C)C(=O)N(CC(N)=O)Cc1cccc(N)c1. The van der Waals surface area contributed by atoms with Gasteiger partial charge >= 0.3 is 0 Å². The molecule has 104 valence electrons. The second-order valence-electron chi connectivity index (χ2n) is 4.71. The summed E-state index contributed by atoms with van der Waals surface area (Å²) in [6.07, 6.45) is 0.727. The van der Waals surface area contributed by atoms with Gasteiger partial charge in [-0.25, -0.2) is 0 Å². The van der Waals surface area contributed by atoms with Gasteiger partial charge in [0.25, 0.3) is 0 Å². The molecule has 1 rings (SSSR count). The monoisotopic (exact) mass is 263 g/mol. The van der Waals surface area contributed by atoms with Crippen molar-refractivity contribution in [1.82, 2.24) is 4.90 Å². The summed E-state index contributed by atoms with van der Waals surface area (Å²) in [6, 6.07) is 7.26. The number of nitrogen functional groups attached to an aromatic ring is 1. The Kier molecular flexibility index (Phi) is 5.36. The Balaban J connectivity index is 2.85. The number of nitrogens with two attached hydrogens (primary N) is 2. The average molecular weight is 263 g/mol. The van der Waals surface area contributed by atoms with Crippen LogP contribution in [0.1, 0.15) is 25.8 Å². The van der Waals surface area contributed by atoms with Crippen molar-refractivity contribution in [2.45, 2.75) is 26.8 Å². The van der Waals surface area contributed by atoms with Crippen molar-refractivity contribution in [3.05, 3.63) is 29.8 Å². The Labute approximate surface area is 113 Å². The maximum atomic E-state index is 12.2. The highest BCUT2D eigenvalue weighted by Crippen LogP contribution is 2.13. The van der Waals surface area contributed by atoms with Crippen LogP contribution >= 0.6 is 0 Å². The van der Waals surface area contributed by atoms with E-state index in [0.29, 0.717) is 12.2 Å². The van der Waals surface area contributed by atoms with Crippen LogP contribution in [-0.4, -0.2) is 23.3 Å².